The number of carboxylic acids is 1. The smallest absolute Gasteiger partial charge is 0.424 e. The first-order chi connectivity index (χ1) is 15.0. The van der Waals surface area contributed by atoms with Crippen LogP contribution in [0.2, 0.25) is 5.02 Å². The summed E-state index contributed by atoms with van der Waals surface area (Å²) in [6, 6.07) is 1.95. The van der Waals surface area contributed by atoms with Gasteiger partial charge in [-0.2, -0.15) is 4.48 Å². The summed E-state index contributed by atoms with van der Waals surface area (Å²) in [6.45, 7) is 5.64. The van der Waals surface area contributed by atoms with Crippen molar-refractivity contribution in [2.75, 3.05) is 13.1 Å². The molecule has 0 unspecified atom stereocenters. The van der Waals surface area contributed by atoms with Gasteiger partial charge in [0, 0.05) is 23.4 Å². The van der Waals surface area contributed by atoms with Gasteiger partial charge in [-0.3, -0.25) is 14.9 Å². The predicted octanol–water partition coefficient (Wildman–Crippen LogP) is 2.29. The molecular weight excluding hydrogens is 438 g/mol. The van der Waals surface area contributed by atoms with E-state index in [2.05, 4.69) is 10.6 Å². The number of imide groups is 1. The second-order valence-electron chi connectivity index (χ2n) is 8.36. The molecule has 1 fully saturated rings. The summed E-state index contributed by atoms with van der Waals surface area (Å²) in [6.07, 6.45) is 0.973. The first-order valence-corrected chi connectivity index (χ1v) is 10.9. The summed E-state index contributed by atoms with van der Waals surface area (Å²) in [7, 11) is 0. The molecule has 32 heavy (non-hydrogen) atoms. The van der Waals surface area contributed by atoms with Crippen molar-refractivity contribution in [1.29, 1.82) is 0 Å². The van der Waals surface area contributed by atoms with E-state index in [9.17, 15) is 24.0 Å². The number of carboxylic acid groups (broad SMARTS) is 1. The average molecular weight is 467 g/mol. The molecule has 1 aromatic carbocycles. The largest absolute Gasteiger partial charge is 0.481 e. The van der Waals surface area contributed by atoms with Crippen LogP contribution in [0.25, 0.3) is 0 Å². The minimum Gasteiger partial charge on any atom is -0.481 e. The van der Waals surface area contributed by atoms with Crippen molar-refractivity contribution in [3.8, 4) is 0 Å². The molecule has 10 heteroatoms. The van der Waals surface area contributed by atoms with Crippen molar-refractivity contribution in [3.63, 3.8) is 0 Å². The van der Waals surface area contributed by atoms with Crippen molar-refractivity contribution in [3.05, 3.63) is 34.3 Å². The molecule has 0 radical (unpaired) electrons. The van der Waals surface area contributed by atoms with Gasteiger partial charge in [-0.15, -0.1) is 0 Å². The summed E-state index contributed by atoms with van der Waals surface area (Å²) in [4.78, 5) is 61.8. The van der Waals surface area contributed by atoms with Gasteiger partial charge >= 0.3 is 17.9 Å². The van der Waals surface area contributed by atoms with Crippen LogP contribution in [0.5, 0.6) is 0 Å². The Hall–Kier alpha value is -2.78. The zero-order valence-corrected chi connectivity index (χ0v) is 19.1. The van der Waals surface area contributed by atoms with Crippen LogP contribution in [-0.2, 0) is 14.4 Å². The number of benzene rings is 1. The molecule has 0 aliphatic carbocycles. The van der Waals surface area contributed by atoms with Crippen LogP contribution < -0.4 is 10.6 Å². The first-order valence-electron chi connectivity index (χ1n) is 10.5. The standard InChI is InChI=1S/C22H28ClN3O6/c1-13(2)19(25-20(30)16-7-6-8-17(23)14(16)3)21(31)26(9-4-5-10-26)22(32)24-15(12-27)11-18(28)29/h6-8,12-13,15,19H,4-5,9-11H2,1-3H3,(H2-,24,25,28,29,30,32)/p+1/t15-,19-/m0/s1. The lowest BCUT2D eigenvalue weighted by Gasteiger charge is -2.33. The quantitative estimate of drug-likeness (QED) is 0.398. The van der Waals surface area contributed by atoms with Crippen LogP contribution in [0.1, 0.15) is 49.0 Å². The molecule has 174 valence electrons. The highest BCUT2D eigenvalue weighted by Crippen LogP contribution is 2.25. The van der Waals surface area contributed by atoms with Gasteiger partial charge in [-0.25, -0.2) is 9.59 Å². The Morgan fingerprint density at radius 2 is 1.78 bits per heavy atom. The van der Waals surface area contributed by atoms with Crippen molar-refractivity contribution >= 4 is 41.7 Å². The number of carbonyl (C=O) groups is 5. The fourth-order valence-electron chi connectivity index (χ4n) is 3.85. The lowest BCUT2D eigenvalue weighted by atomic mass is 10.00. The Morgan fingerprint density at radius 3 is 2.31 bits per heavy atom. The maximum atomic E-state index is 13.6. The number of quaternary nitrogens is 1. The number of hydrogen-bond donors (Lipinski definition) is 3. The Labute approximate surface area is 191 Å². The molecule has 1 aliphatic rings. The van der Waals surface area contributed by atoms with Gasteiger partial charge in [0.25, 0.3) is 5.91 Å². The maximum absolute atomic E-state index is 13.6. The van der Waals surface area contributed by atoms with Gasteiger partial charge in [0.05, 0.1) is 19.5 Å². The van der Waals surface area contributed by atoms with Crippen LogP contribution >= 0.6 is 11.6 Å². The normalized spacial score (nSPS) is 16.8. The number of nitrogens with zero attached hydrogens (tertiary/aromatic N) is 1. The summed E-state index contributed by atoms with van der Waals surface area (Å²) < 4.78 is -0.596. The molecule has 0 spiro atoms. The summed E-state index contributed by atoms with van der Waals surface area (Å²) in [5.74, 6) is -2.55. The lowest BCUT2D eigenvalue weighted by molar-refractivity contribution is -0.761. The topological polar surface area (TPSA) is 130 Å². The number of urea groups is 1. The van der Waals surface area contributed by atoms with Crippen LogP contribution in [0, 0.1) is 12.8 Å². The Balaban J connectivity index is 2.31. The number of likely N-dealkylation sites (tertiary alicyclic amines) is 1. The van der Waals surface area contributed by atoms with Crippen molar-refractivity contribution < 1.29 is 33.6 Å². The molecule has 4 amide bonds. The third-order valence-electron chi connectivity index (χ3n) is 5.74. The second kappa shape index (κ2) is 10.7. The first kappa shape index (κ1) is 25.5. The fraction of sp³-hybridized carbons (Fsp3) is 0.500. The number of rotatable bonds is 8. The van der Waals surface area contributed by atoms with E-state index in [-0.39, 0.29) is 19.0 Å². The molecule has 2 rings (SSSR count). The van der Waals surface area contributed by atoms with E-state index in [1.54, 1.807) is 39.0 Å². The van der Waals surface area contributed by atoms with Gasteiger partial charge < -0.3 is 15.2 Å². The molecule has 0 aromatic heterocycles. The molecule has 0 bridgehead atoms. The van der Waals surface area contributed by atoms with Gasteiger partial charge in [-0.1, -0.05) is 31.5 Å². The Bertz CT molecular complexity index is 911. The molecule has 3 N–H and O–H groups in total. The van der Waals surface area contributed by atoms with E-state index in [4.69, 9.17) is 16.7 Å². The summed E-state index contributed by atoms with van der Waals surface area (Å²) in [5.41, 5.74) is 0.905. The number of carbonyl (C=O) groups excluding carboxylic acids is 4. The number of halogens is 1. The summed E-state index contributed by atoms with van der Waals surface area (Å²) in [5, 5.41) is 14.5. The van der Waals surface area contributed by atoms with Gasteiger partial charge in [0.1, 0.15) is 18.4 Å². The molecule has 1 heterocycles. The second-order valence-corrected chi connectivity index (χ2v) is 8.77. The molecule has 9 nitrogen and oxygen atoms in total. The zero-order valence-electron chi connectivity index (χ0n) is 18.4. The number of aldehydes is 1. The average Bonchev–Trinajstić information content (AvgIpc) is 3.23. The van der Waals surface area contributed by atoms with Crippen molar-refractivity contribution in [1.82, 2.24) is 10.6 Å². The molecule has 1 saturated heterocycles. The van der Waals surface area contributed by atoms with Crippen LogP contribution in [0.15, 0.2) is 18.2 Å². The minimum absolute atomic E-state index is 0.207. The van der Waals surface area contributed by atoms with E-state index < -0.39 is 46.8 Å². The molecule has 1 aromatic rings. The predicted molar refractivity (Wildman–Crippen MR) is 117 cm³/mol. The maximum Gasteiger partial charge on any atom is 0.424 e. The highest BCUT2D eigenvalue weighted by molar-refractivity contribution is 6.31. The number of hydrogen-bond acceptors (Lipinski definition) is 5. The van der Waals surface area contributed by atoms with Gasteiger partial charge in [0.2, 0.25) is 0 Å². The molecule has 2 atom stereocenters. The number of nitrogens with one attached hydrogen (secondary N) is 2. The highest BCUT2D eigenvalue weighted by atomic mass is 35.5. The van der Waals surface area contributed by atoms with Crippen LogP contribution in [-0.4, -0.2) is 64.9 Å². The van der Waals surface area contributed by atoms with E-state index in [1.165, 1.54) is 0 Å². The lowest BCUT2D eigenvalue weighted by Crippen LogP contribution is -2.66. The minimum atomic E-state index is -1.25. The third kappa shape index (κ3) is 5.52. The Kier molecular flexibility index (Phi) is 8.51. The third-order valence-corrected chi connectivity index (χ3v) is 6.15. The summed E-state index contributed by atoms with van der Waals surface area (Å²) >= 11 is 6.11. The van der Waals surface area contributed by atoms with Crippen molar-refractivity contribution in [2.24, 2.45) is 5.92 Å². The molecule has 1 aliphatic heterocycles. The van der Waals surface area contributed by atoms with E-state index in [0.29, 0.717) is 35.3 Å². The van der Waals surface area contributed by atoms with E-state index >= 15 is 0 Å². The molecular formula is C22H29ClN3O6+. The Morgan fingerprint density at radius 1 is 1.16 bits per heavy atom. The van der Waals surface area contributed by atoms with Crippen LogP contribution in [0.4, 0.5) is 4.79 Å². The van der Waals surface area contributed by atoms with Gasteiger partial charge in [-0.05, 0) is 30.5 Å². The van der Waals surface area contributed by atoms with E-state index in [1.807, 2.05) is 0 Å². The van der Waals surface area contributed by atoms with Crippen molar-refractivity contribution in [2.45, 2.75) is 52.1 Å². The monoisotopic (exact) mass is 466 g/mol. The highest BCUT2D eigenvalue weighted by Gasteiger charge is 2.51. The zero-order chi connectivity index (χ0) is 24.1. The fourth-order valence-corrected chi connectivity index (χ4v) is 4.03. The van der Waals surface area contributed by atoms with Crippen LogP contribution in [0.3, 0.4) is 0 Å². The van der Waals surface area contributed by atoms with Gasteiger partial charge in [0.15, 0.2) is 0 Å². The SMILES string of the molecule is Cc1c(Cl)cccc1C(=O)N[C@H](C(=O)[N+]1(C(=O)N[C@H](C=O)CC(=O)O)CCCC1)C(C)C. The number of amides is 4. The van der Waals surface area contributed by atoms with E-state index in [0.717, 1.165) is 0 Å². The molecule has 0 saturated carbocycles. The number of aliphatic carboxylic acids is 1.